The van der Waals surface area contributed by atoms with Crippen LogP contribution in [0.25, 0.3) is 11.4 Å². The molecule has 2 bridgehead atoms. The van der Waals surface area contributed by atoms with E-state index in [4.69, 9.17) is 29.4 Å². The topological polar surface area (TPSA) is 197 Å². The number of benzene rings is 3. The van der Waals surface area contributed by atoms with Gasteiger partial charge in [-0.15, -0.1) is 0 Å². The molecule has 3 amide bonds. The Kier molecular flexibility index (Phi) is 11.0. The molecule has 0 unspecified atom stereocenters. The highest BCUT2D eigenvalue weighted by Crippen LogP contribution is 2.29. The van der Waals surface area contributed by atoms with Gasteiger partial charge in [-0.2, -0.15) is 5.10 Å². The van der Waals surface area contributed by atoms with Crippen molar-refractivity contribution in [1.82, 2.24) is 30.3 Å². The first-order valence-corrected chi connectivity index (χ1v) is 17.3. The van der Waals surface area contributed by atoms with Crippen molar-refractivity contribution in [2.75, 3.05) is 40.5 Å². The minimum atomic E-state index is -4.17. The molecule has 0 saturated carbocycles. The van der Waals surface area contributed by atoms with E-state index in [0.717, 1.165) is 11.6 Å². The van der Waals surface area contributed by atoms with Crippen LogP contribution in [0.2, 0.25) is 0 Å². The van der Waals surface area contributed by atoms with Gasteiger partial charge < -0.3 is 29.7 Å². The lowest BCUT2D eigenvalue weighted by Gasteiger charge is -2.26. The number of methoxy groups -OCH3 is 2. The van der Waals surface area contributed by atoms with Crippen molar-refractivity contribution < 1.29 is 37.0 Å². The normalized spacial score (nSPS) is 16.0. The molecule has 5 rings (SSSR count). The van der Waals surface area contributed by atoms with Gasteiger partial charge in [-0.1, -0.05) is 44.2 Å². The van der Waals surface area contributed by atoms with Crippen molar-refractivity contribution >= 4 is 27.7 Å². The molecule has 0 fully saturated rings. The lowest BCUT2D eigenvalue weighted by atomic mass is 10.0. The molecule has 4 N–H and O–H groups in total. The van der Waals surface area contributed by atoms with Crippen molar-refractivity contribution in [3.8, 4) is 28.6 Å². The van der Waals surface area contributed by atoms with Crippen LogP contribution in [-0.4, -0.2) is 86.3 Å². The number of hydrogen-bond donors (Lipinski definition) is 3. The van der Waals surface area contributed by atoms with E-state index in [0.29, 0.717) is 23.1 Å². The van der Waals surface area contributed by atoms with Gasteiger partial charge in [-0.05, 0) is 42.3 Å². The van der Waals surface area contributed by atoms with Crippen molar-refractivity contribution in [1.29, 1.82) is 0 Å². The summed E-state index contributed by atoms with van der Waals surface area (Å²) in [5.41, 5.74) is 0.918. The summed E-state index contributed by atoms with van der Waals surface area (Å²) in [5.74, 6) is -0.128. The second-order valence-corrected chi connectivity index (χ2v) is 13.3. The average molecular weight is 706 g/mol. The molecule has 1 aliphatic rings. The number of amides is 3. The molecule has 0 aliphatic carbocycles. The number of sulfonamides is 1. The molecule has 16 heteroatoms. The molecule has 264 valence electrons. The maximum absolute atomic E-state index is 14.0. The predicted octanol–water partition coefficient (Wildman–Crippen LogP) is 2.39. The van der Waals surface area contributed by atoms with Gasteiger partial charge in [0.05, 0.1) is 43.8 Å². The molecule has 1 aromatic heterocycles. The first-order valence-electron chi connectivity index (χ1n) is 15.8. The first kappa shape index (κ1) is 35.8. The molecule has 0 spiro atoms. The quantitative estimate of drug-likeness (QED) is 0.268. The van der Waals surface area contributed by atoms with E-state index >= 15 is 0 Å². The highest BCUT2D eigenvalue weighted by atomic mass is 32.2. The molecule has 2 heterocycles. The zero-order valence-electron chi connectivity index (χ0n) is 28.1. The van der Waals surface area contributed by atoms with Gasteiger partial charge in [0.25, 0.3) is 11.8 Å². The molecule has 1 atom stereocenters. The second-order valence-electron chi connectivity index (χ2n) is 11.8. The molecule has 4 aromatic rings. The van der Waals surface area contributed by atoms with E-state index in [1.54, 1.807) is 22.9 Å². The summed E-state index contributed by atoms with van der Waals surface area (Å²) in [7, 11) is -1.35. The molecule has 3 aromatic carbocycles. The fourth-order valence-corrected chi connectivity index (χ4v) is 5.95. The molecular formula is C34H39N7O8S. The third kappa shape index (κ3) is 8.20. The number of hydrogen-bond acceptors (Lipinski definition) is 10. The number of ether oxygens (including phenoxy) is 3. The summed E-state index contributed by atoms with van der Waals surface area (Å²) in [6.45, 7) is 3.58. The smallest absolute Gasteiger partial charge is 0.258 e. The fourth-order valence-electron chi connectivity index (χ4n) is 5.41. The Hall–Kier alpha value is -5.48. The fraction of sp³-hybridized carbons (Fsp3) is 0.324. The largest absolute Gasteiger partial charge is 0.496 e. The highest BCUT2D eigenvalue weighted by Gasteiger charge is 2.29. The van der Waals surface area contributed by atoms with E-state index < -0.39 is 40.3 Å². The van der Waals surface area contributed by atoms with Gasteiger partial charge in [-0.3, -0.25) is 14.4 Å². The second kappa shape index (κ2) is 15.4. The monoisotopic (exact) mass is 705 g/mol. The number of nitrogens with zero attached hydrogens (tertiary/aromatic N) is 4. The van der Waals surface area contributed by atoms with Gasteiger partial charge in [0, 0.05) is 24.2 Å². The molecule has 50 heavy (non-hydrogen) atoms. The van der Waals surface area contributed by atoms with Crippen LogP contribution < -0.4 is 30.0 Å². The van der Waals surface area contributed by atoms with Crippen molar-refractivity contribution in [3.63, 3.8) is 0 Å². The SMILES string of the molecule is COc1ccc2cc1OCCn1nc(-c3ccccc3)nc1[C@@H](C(C)C)NC(=O)CN(C(=O)c1cc(S(N)(=O)=O)ccc1OC)CCNC2=O. The maximum atomic E-state index is 14.0. The Labute approximate surface area is 289 Å². The van der Waals surface area contributed by atoms with Gasteiger partial charge in [0.1, 0.15) is 12.4 Å². The number of rotatable bonds is 6. The Balaban J connectivity index is 1.56. The van der Waals surface area contributed by atoms with Crippen molar-refractivity contribution in [2.45, 2.75) is 31.3 Å². The van der Waals surface area contributed by atoms with Crippen molar-refractivity contribution in [2.24, 2.45) is 11.1 Å². The third-order valence-electron chi connectivity index (χ3n) is 8.00. The van der Waals surface area contributed by atoms with Gasteiger partial charge in [0.2, 0.25) is 15.9 Å². The molecule has 15 nitrogen and oxygen atoms in total. The van der Waals surface area contributed by atoms with Gasteiger partial charge >= 0.3 is 0 Å². The highest BCUT2D eigenvalue weighted by molar-refractivity contribution is 7.89. The Morgan fingerprint density at radius 2 is 1.70 bits per heavy atom. The zero-order chi connectivity index (χ0) is 36.0. The summed E-state index contributed by atoms with van der Waals surface area (Å²) in [4.78, 5) is 46.7. The van der Waals surface area contributed by atoms with Crippen molar-refractivity contribution in [3.05, 3.63) is 83.7 Å². The van der Waals surface area contributed by atoms with Crippen LogP contribution >= 0.6 is 0 Å². The van der Waals surface area contributed by atoms with E-state index in [1.807, 2.05) is 44.2 Å². The zero-order valence-corrected chi connectivity index (χ0v) is 28.9. The van der Waals surface area contributed by atoms with Crippen LogP contribution in [0.15, 0.2) is 71.6 Å². The molecule has 0 saturated heterocycles. The lowest BCUT2D eigenvalue weighted by Crippen LogP contribution is -2.46. The number of nitrogens with two attached hydrogens (primary N) is 1. The van der Waals surface area contributed by atoms with Crippen LogP contribution in [0, 0.1) is 5.92 Å². The summed E-state index contributed by atoms with van der Waals surface area (Å²) < 4.78 is 42.9. The van der Waals surface area contributed by atoms with E-state index in [9.17, 15) is 22.8 Å². The molecule has 0 radical (unpaired) electrons. The molecule has 1 aliphatic heterocycles. The van der Waals surface area contributed by atoms with E-state index in [-0.39, 0.29) is 53.9 Å². The van der Waals surface area contributed by atoms with Gasteiger partial charge in [-0.25, -0.2) is 23.2 Å². The number of fused-ring (bicyclic) bond motifs is 3. The number of primary sulfonamides is 1. The van der Waals surface area contributed by atoms with E-state index in [2.05, 4.69) is 10.6 Å². The summed E-state index contributed by atoms with van der Waals surface area (Å²) in [6, 6.07) is 17.1. The van der Waals surface area contributed by atoms with Crippen LogP contribution in [0.1, 0.15) is 46.4 Å². The minimum absolute atomic E-state index is 0.0559. The summed E-state index contributed by atoms with van der Waals surface area (Å²) in [6.07, 6.45) is 0. The number of nitrogens with one attached hydrogen (secondary N) is 2. The number of carbonyl (C=O) groups excluding carboxylic acids is 3. The Morgan fingerprint density at radius 1 is 0.980 bits per heavy atom. The third-order valence-corrected chi connectivity index (χ3v) is 8.91. The Morgan fingerprint density at radius 3 is 2.38 bits per heavy atom. The number of carbonyl (C=O) groups is 3. The predicted molar refractivity (Wildman–Crippen MR) is 182 cm³/mol. The summed E-state index contributed by atoms with van der Waals surface area (Å²) >= 11 is 0. The van der Waals surface area contributed by atoms with Crippen LogP contribution in [-0.2, 0) is 21.4 Å². The molecular weight excluding hydrogens is 666 g/mol. The first-order chi connectivity index (χ1) is 23.9. The van der Waals surface area contributed by atoms with Gasteiger partial charge in [0.15, 0.2) is 23.1 Å². The maximum Gasteiger partial charge on any atom is 0.258 e. The lowest BCUT2D eigenvalue weighted by molar-refractivity contribution is -0.123. The van der Waals surface area contributed by atoms with Crippen LogP contribution in [0.5, 0.6) is 17.2 Å². The van der Waals surface area contributed by atoms with Crippen LogP contribution in [0.4, 0.5) is 0 Å². The average Bonchev–Trinajstić information content (AvgIpc) is 3.52. The number of aromatic nitrogens is 3. The summed E-state index contributed by atoms with van der Waals surface area (Å²) in [5, 5.41) is 15.9. The minimum Gasteiger partial charge on any atom is -0.496 e. The van der Waals surface area contributed by atoms with Crippen LogP contribution in [0.3, 0.4) is 0 Å². The Bertz CT molecular complexity index is 1980. The van der Waals surface area contributed by atoms with E-state index in [1.165, 1.54) is 31.3 Å². The standard InChI is InChI=1S/C34H39N7O8S/c1-21(2)30-32-38-31(22-8-6-5-7-9-22)39-41(32)16-17-49-28-18-23(10-12-27(28)48-4)33(43)36-14-15-40(20-29(42)37-30)34(44)25-19-24(50(35,45)46)11-13-26(25)47-3/h5-13,18-19,21,30H,14-17,20H2,1-4H3,(H,36,43)(H,37,42)(H2,35,45,46)/t30-/m1/s1.